The third kappa shape index (κ3) is 3.98. The Labute approximate surface area is 211 Å². The van der Waals surface area contributed by atoms with E-state index in [1.807, 2.05) is 0 Å². The lowest BCUT2D eigenvalue weighted by atomic mass is 9.63. The molecule has 37 heavy (non-hydrogen) atoms. The SMILES string of the molecule is O=C(CN1C(=O)[C@@H]2[C@@H]3C=C[C@H]([C@H]4C[C@H]34)[C@@H]2C1=O)OCC(=O)c1ccc(Oc2ccc([N+](=O)[O-])cc2)cc1. The number of hydrogen-bond donors (Lipinski definition) is 0. The second-order valence-corrected chi connectivity index (χ2v) is 9.88. The summed E-state index contributed by atoms with van der Waals surface area (Å²) in [6, 6.07) is 11.7. The van der Waals surface area contributed by atoms with Crippen molar-refractivity contribution in [2.45, 2.75) is 6.42 Å². The fourth-order valence-corrected chi connectivity index (χ4v) is 6.06. The molecule has 0 radical (unpaired) electrons. The summed E-state index contributed by atoms with van der Waals surface area (Å²) in [7, 11) is 0. The lowest BCUT2D eigenvalue weighted by Gasteiger charge is -2.37. The van der Waals surface area contributed by atoms with Crippen molar-refractivity contribution in [3.05, 3.63) is 76.4 Å². The molecule has 3 fully saturated rings. The van der Waals surface area contributed by atoms with E-state index in [4.69, 9.17) is 9.47 Å². The molecule has 7 rings (SSSR count). The minimum absolute atomic E-state index is 0.0553. The Morgan fingerprint density at radius 2 is 1.43 bits per heavy atom. The number of ketones is 1. The highest BCUT2D eigenvalue weighted by Gasteiger charge is 2.67. The number of nitrogens with zero attached hydrogens (tertiary/aromatic N) is 2. The number of carbonyl (C=O) groups is 4. The second kappa shape index (κ2) is 8.65. The molecule has 10 nitrogen and oxygen atoms in total. The predicted octanol–water partition coefficient (Wildman–Crippen LogP) is 3.17. The van der Waals surface area contributed by atoms with Crippen LogP contribution in [-0.2, 0) is 19.1 Å². The zero-order valence-corrected chi connectivity index (χ0v) is 19.5. The Bertz CT molecular complexity index is 1310. The maximum absolute atomic E-state index is 13.0. The van der Waals surface area contributed by atoms with Gasteiger partial charge in [-0.2, -0.15) is 0 Å². The van der Waals surface area contributed by atoms with E-state index in [9.17, 15) is 29.3 Å². The van der Waals surface area contributed by atoms with E-state index in [2.05, 4.69) is 12.2 Å². The van der Waals surface area contributed by atoms with Crippen molar-refractivity contribution in [2.75, 3.05) is 13.2 Å². The molecule has 0 aromatic heterocycles. The average Bonchev–Trinajstić information content (AvgIpc) is 3.69. The topological polar surface area (TPSA) is 133 Å². The van der Waals surface area contributed by atoms with Crippen LogP contribution in [0, 0.1) is 45.6 Å². The number of nitro groups is 1. The molecule has 0 unspecified atom stereocenters. The number of esters is 1. The number of hydrogen-bond acceptors (Lipinski definition) is 8. The number of imide groups is 1. The molecule has 188 valence electrons. The van der Waals surface area contributed by atoms with Crippen molar-refractivity contribution in [3.8, 4) is 11.5 Å². The van der Waals surface area contributed by atoms with E-state index in [0.29, 0.717) is 23.3 Å². The van der Waals surface area contributed by atoms with Crippen LogP contribution in [0.1, 0.15) is 16.8 Å². The highest BCUT2D eigenvalue weighted by atomic mass is 16.6. The summed E-state index contributed by atoms with van der Waals surface area (Å²) in [5.41, 5.74) is 0.227. The van der Waals surface area contributed by atoms with Gasteiger partial charge in [0, 0.05) is 17.7 Å². The summed E-state index contributed by atoms with van der Waals surface area (Å²) in [5, 5.41) is 10.7. The summed E-state index contributed by atoms with van der Waals surface area (Å²) in [4.78, 5) is 62.1. The molecule has 10 heteroatoms. The number of Topliss-reactive ketones (excluding diaryl/α,β-unsaturated/α-hetero) is 1. The zero-order valence-electron chi connectivity index (χ0n) is 19.5. The maximum Gasteiger partial charge on any atom is 0.326 e. The smallest absolute Gasteiger partial charge is 0.326 e. The molecular formula is C27H22N2O8. The number of allylic oxidation sites excluding steroid dienone is 2. The fraction of sp³-hybridized carbons (Fsp3) is 0.333. The van der Waals surface area contributed by atoms with Crippen LogP contribution in [0.3, 0.4) is 0 Å². The number of non-ortho nitro benzene ring substituents is 1. The molecule has 5 aliphatic rings. The third-order valence-corrected chi connectivity index (χ3v) is 7.87. The van der Waals surface area contributed by atoms with Crippen molar-refractivity contribution >= 4 is 29.3 Å². The van der Waals surface area contributed by atoms with Crippen LogP contribution < -0.4 is 4.74 Å². The molecule has 1 heterocycles. The third-order valence-electron chi connectivity index (χ3n) is 7.87. The van der Waals surface area contributed by atoms with Gasteiger partial charge < -0.3 is 9.47 Å². The van der Waals surface area contributed by atoms with Gasteiger partial charge in [0.15, 0.2) is 12.4 Å². The van der Waals surface area contributed by atoms with Gasteiger partial charge in [-0.25, -0.2) is 0 Å². The van der Waals surface area contributed by atoms with Gasteiger partial charge in [-0.1, -0.05) is 12.2 Å². The average molecular weight is 502 g/mol. The van der Waals surface area contributed by atoms with E-state index in [1.54, 1.807) is 12.1 Å². The Hall–Kier alpha value is -4.34. The molecule has 4 aliphatic carbocycles. The Morgan fingerprint density at radius 1 is 0.892 bits per heavy atom. The number of ether oxygens (including phenoxy) is 2. The summed E-state index contributed by atoms with van der Waals surface area (Å²) in [5.74, 6) is -0.744. The van der Waals surface area contributed by atoms with Crippen LogP contribution >= 0.6 is 0 Å². The lowest BCUT2D eigenvalue weighted by Crippen LogP contribution is -2.40. The molecule has 2 aromatic rings. The summed E-state index contributed by atoms with van der Waals surface area (Å²) < 4.78 is 10.7. The van der Waals surface area contributed by atoms with E-state index < -0.39 is 29.8 Å². The van der Waals surface area contributed by atoms with Crippen LogP contribution in [0.4, 0.5) is 5.69 Å². The summed E-state index contributed by atoms with van der Waals surface area (Å²) in [6.45, 7) is -1.02. The van der Waals surface area contributed by atoms with Gasteiger partial charge in [-0.05, 0) is 66.5 Å². The van der Waals surface area contributed by atoms with Crippen molar-refractivity contribution in [3.63, 3.8) is 0 Å². The predicted molar refractivity (Wildman–Crippen MR) is 126 cm³/mol. The van der Waals surface area contributed by atoms with Gasteiger partial charge >= 0.3 is 5.97 Å². The first-order chi connectivity index (χ1) is 17.8. The number of likely N-dealkylation sites (tertiary alicyclic amines) is 1. The van der Waals surface area contributed by atoms with Crippen LogP contribution in [0.5, 0.6) is 11.5 Å². The zero-order chi connectivity index (χ0) is 25.8. The molecule has 6 atom stereocenters. The van der Waals surface area contributed by atoms with Gasteiger partial charge in [0.1, 0.15) is 18.0 Å². The Balaban J connectivity index is 1.01. The molecule has 2 amide bonds. The first-order valence-corrected chi connectivity index (χ1v) is 12.1. The standard InChI is InChI=1S/C27H22N2O8/c30-22(14-1-5-16(6-2-14)37-17-7-3-15(4-8-17)29(34)35)13-36-23(31)12-28-26(32)24-18-9-10-19(21-11-20(18)21)25(24)27(28)33/h1-10,18-21,24-25H,11-13H2/t18-,19-,20-,21-,24-,25+/m1/s1. The molecule has 0 spiro atoms. The van der Waals surface area contributed by atoms with Crippen LogP contribution in [-0.4, -0.2) is 46.5 Å². The van der Waals surface area contributed by atoms with Crippen LogP contribution in [0.15, 0.2) is 60.7 Å². The quantitative estimate of drug-likeness (QED) is 0.134. The van der Waals surface area contributed by atoms with Gasteiger partial charge in [0.05, 0.1) is 16.8 Å². The lowest BCUT2D eigenvalue weighted by molar-refractivity contribution is -0.384. The van der Waals surface area contributed by atoms with Gasteiger partial charge in [-0.3, -0.25) is 34.2 Å². The van der Waals surface area contributed by atoms with Crippen molar-refractivity contribution in [2.24, 2.45) is 35.5 Å². The number of nitro benzene ring substituents is 1. The summed E-state index contributed by atoms with van der Waals surface area (Å²) in [6.07, 6.45) is 5.19. The van der Waals surface area contributed by atoms with E-state index in [-0.39, 0.29) is 46.7 Å². The highest BCUT2D eigenvalue weighted by Crippen LogP contribution is 2.65. The highest BCUT2D eigenvalue weighted by molar-refractivity contribution is 6.08. The Morgan fingerprint density at radius 3 is 1.97 bits per heavy atom. The molecule has 2 bridgehead atoms. The molecule has 1 aliphatic heterocycles. The van der Waals surface area contributed by atoms with Crippen LogP contribution in [0.25, 0.3) is 0 Å². The first-order valence-electron chi connectivity index (χ1n) is 12.1. The molecule has 2 saturated carbocycles. The van der Waals surface area contributed by atoms with Crippen molar-refractivity contribution in [1.82, 2.24) is 4.90 Å². The summed E-state index contributed by atoms with van der Waals surface area (Å²) >= 11 is 0. The van der Waals surface area contributed by atoms with Gasteiger partial charge in [0.25, 0.3) is 5.69 Å². The molecule has 2 aromatic carbocycles. The molecule has 1 saturated heterocycles. The van der Waals surface area contributed by atoms with E-state index in [0.717, 1.165) is 11.3 Å². The number of carbonyl (C=O) groups excluding carboxylic acids is 4. The largest absolute Gasteiger partial charge is 0.457 e. The Kier molecular flexibility index (Phi) is 5.40. The first kappa shape index (κ1) is 23.1. The number of amides is 2. The van der Waals surface area contributed by atoms with E-state index in [1.165, 1.54) is 36.4 Å². The fourth-order valence-electron chi connectivity index (χ4n) is 6.06. The normalized spacial score (nSPS) is 28.5. The van der Waals surface area contributed by atoms with Crippen molar-refractivity contribution < 1.29 is 33.6 Å². The number of benzene rings is 2. The minimum Gasteiger partial charge on any atom is -0.457 e. The van der Waals surface area contributed by atoms with E-state index >= 15 is 0 Å². The minimum atomic E-state index is -0.808. The van der Waals surface area contributed by atoms with Crippen molar-refractivity contribution in [1.29, 1.82) is 0 Å². The molecule has 0 N–H and O–H groups in total. The van der Waals surface area contributed by atoms with Gasteiger partial charge in [-0.15, -0.1) is 0 Å². The maximum atomic E-state index is 13.0. The van der Waals surface area contributed by atoms with Crippen LogP contribution in [0.2, 0.25) is 0 Å². The number of rotatable bonds is 8. The monoisotopic (exact) mass is 502 g/mol. The second-order valence-electron chi connectivity index (χ2n) is 9.88. The molecular weight excluding hydrogens is 480 g/mol. The van der Waals surface area contributed by atoms with Gasteiger partial charge in [0.2, 0.25) is 11.8 Å².